The highest BCUT2D eigenvalue weighted by atomic mass is 35.5. The Labute approximate surface area is 195 Å². The van der Waals surface area contributed by atoms with Gasteiger partial charge in [-0.1, -0.05) is 54.1 Å². The molecule has 2 heterocycles. The van der Waals surface area contributed by atoms with Crippen LogP contribution in [0.15, 0.2) is 54.6 Å². The number of H-pyrrole nitrogens is 1. The number of para-hydroxylation sites is 1. The van der Waals surface area contributed by atoms with Gasteiger partial charge < -0.3 is 19.9 Å². The van der Waals surface area contributed by atoms with Crippen LogP contribution >= 0.6 is 11.6 Å². The number of pyridine rings is 1. The lowest BCUT2D eigenvalue weighted by molar-refractivity contribution is -0.143. The summed E-state index contributed by atoms with van der Waals surface area (Å²) in [6.45, 7) is 0. The number of aromatic amines is 1. The van der Waals surface area contributed by atoms with Gasteiger partial charge in [0.05, 0.1) is 22.2 Å². The lowest BCUT2D eigenvalue weighted by Gasteiger charge is -2.25. The fourth-order valence-corrected chi connectivity index (χ4v) is 4.53. The van der Waals surface area contributed by atoms with Crippen LogP contribution in [0.25, 0.3) is 33.5 Å². The fraction of sp³-hybridized carbons (Fsp3) is 0.240. The van der Waals surface area contributed by atoms with Crippen LogP contribution in [0.4, 0.5) is 0 Å². The first-order chi connectivity index (χ1) is 16.0. The number of benzene rings is 2. The number of aliphatic carboxylic acids is 1. The number of aromatic hydroxyl groups is 1. The van der Waals surface area contributed by atoms with Crippen LogP contribution < -0.4 is 4.74 Å². The normalized spacial score (nSPS) is 18.3. The number of nitrogens with zero attached hydrogens (tertiary/aromatic N) is 2. The SMILES string of the molecule is O=C(O)C1CCC(Oc2nc3nc(-c4ccc(-c5ccccc5O)cc4)c(Cl)cc3[nH]2)CC1. The summed E-state index contributed by atoms with van der Waals surface area (Å²) in [4.78, 5) is 23.3. The minimum Gasteiger partial charge on any atom is -0.507 e. The standard InChI is InChI=1S/C25H22ClN3O4/c26-19-13-20-23(29-25(27-20)33-17-11-9-16(10-12-17)24(31)32)28-22(19)15-7-5-14(6-8-15)18-3-1-2-4-21(18)30/h1-8,13,16-17,30H,9-12H2,(H,31,32)(H,27,28,29). The van der Waals surface area contributed by atoms with Crippen molar-refractivity contribution in [2.45, 2.75) is 31.8 Å². The Hall–Kier alpha value is -3.58. The van der Waals surface area contributed by atoms with Crippen LogP contribution in [-0.2, 0) is 4.79 Å². The van der Waals surface area contributed by atoms with Gasteiger partial charge in [-0.15, -0.1) is 0 Å². The van der Waals surface area contributed by atoms with E-state index in [1.165, 1.54) is 0 Å². The summed E-state index contributed by atoms with van der Waals surface area (Å²) in [5.74, 6) is -0.804. The van der Waals surface area contributed by atoms with Crippen LogP contribution in [0.2, 0.25) is 5.02 Å². The highest BCUT2D eigenvalue weighted by molar-refractivity contribution is 6.33. The Morgan fingerprint density at radius 3 is 2.39 bits per heavy atom. The lowest BCUT2D eigenvalue weighted by Crippen LogP contribution is -2.28. The minimum atomic E-state index is -0.739. The number of aromatic nitrogens is 3. The third-order valence-corrected chi connectivity index (χ3v) is 6.37. The molecule has 0 amide bonds. The summed E-state index contributed by atoms with van der Waals surface area (Å²) in [7, 11) is 0. The molecule has 1 saturated carbocycles. The second-order valence-electron chi connectivity index (χ2n) is 8.26. The van der Waals surface area contributed by atoms with E-state index in [4.69, 9.17) is 21.4 Å². The first-order valence-corrected chi connectivity index (χ1v) is 11.2. The minimum absolute atomic E-state index is 0.0712. The molecule has 4 aromatic rings. The van der Waals surface area contributed by atoms with E-state index in [-0.39, 0.29) is 17.8 Å². The number of hydrogen-bond acceptors (Lipinski definition) is 5. The Morgan fingerprint density at radius 2 is 1.70 bits per heavy atom. The first kappa shape index (κ1) is 21.3. The summed E-state index contributed by atoms with van der Waals surface area (Å²) in [6.07, 6.45) is 2.49. The maximum absolute atomic E-state index is 11.1. The number of nitrogens with one attached hydrogen (secondary N) is 1. The average Bonchev–Trinajstić information content (AvgIpc) is 3.20. The number of phenols is 1. The van der Waals surface area contributed by atoms with Crippen molar-refractivity contribution in [1.29, 1.82) is 0 Å². The van der Waals surface area contributed by atoms with Gasteiger partial charge in [-0.25, -0.2) is 4.98 Å². The molecule has 0 radical (unpaired) electrons. The van der Waals surface area contributed by atoms with E-state index in [0.717, 1.165) is 16.7 Å². The molecule has 168 valence electrons. The third-order valence-electron chi connectivity index (χ3n) is 6.08. The number of carboxylic acid groups (broad SMARTS) is 1. The summed E-state index contributed by atoms with van der Waals surface area (Å²) >= 11 is 6.52. The zero-order valence-electron chi connectivity index (χ0n) is 17.7. The number of hydrogen-bond donors (Lipinski definition) is 3. The van der Waals surface area contributed by atoms with Gasteiger partial charge in [-0.3, -0.25) is 4.79 Å². The zero-order valence-corrected chi connectivity index (χ0v) is 18.4. The van der Waals surface area contributed by atoms with Gasteiger partial charge >= 0.3 is 5.97 Å². The van der Waals surface area contributed by atoms with Crippen LogP contribution in [-0.4, -0.2) is 37.2 Å². The van der Waals surface area contributed by atoms with Gasteiger partial charge in [0.1, 0.15) is 11.9 Å². The molecule has 0 spiro atoms. The molecule has 1 aliphatic carbocycles. The molecule has 2 aromatic heterocycles. The highest BCUT2D eigenvalue weighted by Crippen LogP contribution is 2.34. The van der Waals surface area contributed by atoms with E-state index in [1.54, 1.807) is 18.2 Å². The molecule has 0 bridgehead atoms. The predicted molar refractivity (Wildman–Crippen MR) is 125 cm³/mol. The van der Waals surface area contributed by atoms with Crippen LogP contribution in [0, 0.1) is 5.92 Å². The summed E-state index contributed by atoms with van der Waals surface area (Å²) in [5.41, 5.74) is 4.25. The van der Waals surface area contributed by atoms with Crippen molar-refractivity contribution in [3.63, 3.8) is 0 Å². The number of rotatable bonds is 5. The van der Waals surface area contributed by atoms with Crippen molar-refractivity contribution in [2.75, 3.05) is 0 Å². The zero-order chi connectivity index (χ0) is 22.9. The molecule has 0 atom stereocenters. The van der Waals surface area contributed by atoms with Crippen LogP contribution in [0.1, 0.15) is 25.7 Å². The second-order valence-corrected chi connectivity index (χ2v) is 8.66. The molecule has 5 rings (SSSR count). The topological polar surface area (TPSA) is 108 Å². The Morgan fingerprint density at radius 1 is 1.00 bits per heavy atom. The number of imidazole rings is 1. The molecule has 33 heavy (non-hydrogen) atoms. The molecule has 7 nitrogen and oxygen atoms in total. The molecule has 0 aliphatic heterocycles. The van der Waals surface area contributed by atoms with Crippen LogP contribution in [0.3, 0.4) is 0 Å². The number of carboxylic acids is 1. The van der Waals surface area contributed by atoms with Crippen molar-refractivity contribution >= 4 is 28.7 Å². The van der Waals surface area contributed by atoms with E-state index in [1.807, 2.05) is 36.4 Å². The van der Waals surface area contributed by atoms with Crippen molar-refractivity contribution in [3.05, 3.63) is 59.6 Å². The molecule has 1 fully saturated rings. The number of fused-ring (bicyclic) bond motifs is 1. The predicted octanol–water partition coefficient (Wildman–Crippen LogP) is 5.67. The first-order valence-electron chi connectivity index (χ1n) is 10.8. The number of ether oxygens (including phenoxy) is 1. The fourth-order valence-electron chi connectivity index (χ4n) is 4.26. The van der Waals surface area contributed by atoms with Gasteiger partial charge in [0.2, 0.25) is 0 Å². The van der Waals surface area contributed by atoms with Gasteiger partial charge in [0.15, 0.2) is 5.65 Å². The molecular weight excluding hydrogens is 442 g/mol. The van der Waals surface area contributed by atoms with Gasteiger partial charge in [0.25, 0.3) is 6.01 Å². The average molecular weight is 464 g/mol. The maximum atomic E-state index is 11.1. The largest absolute Gasteiger partial charge is 0.507 e. The molecule has 0 unspecified atom stereocenters. The molecule has 0 saturated heterocycles. The highest BCUT2D eigenvalue weighted by Gasteiger charge is 2.27. The van der Waals surface area contributed by atoms with Crippen molar-refractivity contribution in [1.82, 2.24) is 15.0 Å². The summed E-state index contributed by atoms with van der Waals surface area (Å²) in [5, 5.41) is 19.7. The monoisotopic (exact) mass is 463 g/mol. The Kier molecular flexibility index (Phi) is 5.64. The number of phenolic OH excluding ortho intramolecular Hbond substituents is 1. The van der Waals surface area contributed by atoms with E-state index in [9.17, 15) is 9.90 Å². The number of carbonyl (C=O) groups is 1. The molecule has 2 aromatic carbocycles. The maximum Gasteiger partial charge on any atom is 0.306 e. The van der Waals surface area contributed by atoms with Gasteiger partial charge in [-0.05, 0) is 43.4 Å². The molecule has 1 aliphatic rings. The van der Waals surface area contributed by atoms with Crippen molar-refractivity contribution < 1.29 is 19.7 Å². The van der Waals surface area contributed by atoms with E-state index in [0.29, 0.717) is 53.6 Å². The van der Waals surface area contributed by atoms with E-state index in [2.05, 4.69) is 15.0 Å². The molecule has 3 N–H and O–H groups in total. The lowest BCUT2D eigenvalue weighted by atomic mass is 9.87. The van der Waals surface area contributed by atoms with Crippen molar-refractivity contribution in [3.8, 4) is 34.1 Å². The summed E-state index contributed by atoms with van der Waals surface area (Å²) in [6, 6.07) is 17.0. The molecular formula is C25H22ClN3O4. The Balaban J connectivity index is 1.36. The van der Waals surface area contributed by atoms with E-state index >= 15 is 0 Å². The smallest absolute Gasteiger partial charge is 0.306 e. The third kappa shape index (κ3) is 4.36. The quantitative estimate of drug-likeness (QED) is 0.351. The Bertz CT molecular complexity index is 1310. The summed E-state index contributed by atoms with van der Waals surface area (Å²) < 4.78 is 5.96. The second kappa shape index (κ2) is 8.75. The van der Waals surface area contributed by atoms with E-state index < -0.39 is 5.97 Å². The number of halogens is 1. The van der Waals surface area contributed by atoms with Crippen molar-refractivity contribution in [2.24, 2.45) is 5.92 Å². The van der Waals surface area contributed by atoms with Crippen LogP contribution in [0.5, 0.6) is 11.8 Å². The van der Waals surface area contributed by atoms with Gasteiger partial charge in [0, 0.05) is 11.1 Å². The molecule has 8 heteroatoms. The van der Waals surface area contributed by atoms with Gasteiger partial charge in [-0.2, -0.15) is 4.98 Å².